The standard InChI is InChI=1S/C13H19N3O4S/c1-8-2-3-9(6-12(8)21(15,18)19)16-13(17)11-5-4-10(7-14)20-11/h2-3,6,10-11H,4-5,7,14H2,1H3,(H,16,17)(H2,15,18,19)/t10-,11+/m1/s1. The molecule has 1 aliphatic rings. The highest BCUT2D eigenvalue weighted by molar-refractivity contribution is 7.89. The van der Waals surface area contributed by atoms with E-state index in [0.717, 1.165) is 6.42 Å². The van der Waals surface area contributed by atoms with Gasteiger partial charge in [-0.3, -0.25) is 4.79 Å². The van der Waals surface area contributed by atoms with Gasteiger partial charge in [0.25, 0.3) is 5.91 Å². The molecular formula is C13H19N3O4S. The van der Waals surface area contributed by atoms with Crippen LogP contribution < -0.4 is 16.2 Å². The third-order valence-corrected chi connectivity index (χ3v) is 4.48. The molecule has 1 aliphatic heterocycles. The van der Waals surface area contributed by atoms with Crippen molar-refractivity contribution in [2.75, 3.05) is 11.9 Å². The van der Waals surface area contributed by atoms with E-state index in [1.54, 1.807) is 19.1 Å². The van der Waals surface area contributed by atoms with E-state index >= 15 is 0 Å². The normalized spacial score (nSPS) is 22.2. The summed E-state index contributed by atoms with van der Waals surface area (Å²) in [5.41, 5.74) is 6.39. The summed E-state index contributed by atoms with van der Waals surface area (Å²) < 4.78 is 28.4. The van der Waals surface area contributed by atoms with Crippen molar-refractivity contribution >= 4 is 21.6 Å². The first-order chi connectivity index (χ1) is 9.81. The molecule has 1 aromatic rings. The van der Waals surface area contributed by atoms with E-state index in [4.69, 9.17) is 15.6 Å². The molecule has 1 saturated heterocycles. The van der Waals surface area contributed by atoms with Crippen LogP contribution in [0.4, 0.5) is 5.69 Å². The number of carbonyl (C=O) groups is 1. The van der Waals surface area contributed by atoms with Crippen LogP contribution in [0.1, 0.15) is 18.4 Å². The molecule has 21 heavy (non-hydrogen) atoms. The minimum Gasteiger partial charge on any atom is -0.364 e. The number of sulfonamides is 1. The van der Waals surface area contributed by atoms with Crippen molar-refractivity contribution in [2.24, 2.45) is 10.9 Å². The number of hydrogen-bond acceptors (Lipinski definition) is 5. The SMILES string of the molecule is Cc1ccc(NC(=O)[C@@H]2CC[C@H](CN)O2)cc1S(N)(=O)=O. The maximum absolute atomic E-state index is 12.1. The van der Waals surface area contributed by atoms with E-state index in [0.29, 0.717) is 24.2 Å². The molecule has 0 unspecified atom stereocenters. The molecule has 0 aliphatic carbocycles. The molecule has 1 fully saturated rings. The summed E-state index contributed by atoms with van der Waals surface area (Å²) in [6.07, 6.45) is 0.684. The van der Waals surface area contributed by atoms with E-state index in [9.17, 15) is 13.2 Å². The van der Waals surface area contributed by atoms with Gasteiger partial charge in [-0.25, -0.2) is 13.6 Å². The molecule has 0 spiro atoms. The first-order valence-electron chi connectivity index (χ1n) is 6.61. The summed E-state index contributed by atoms with van der Waals surface area (Å²) >= 11 is 0. The van der Waals surface area contributed by atoms with E-state index in [-0.39, 0.29) is 16.9 Å². The van der Waals surface area contributed by atoms with Gasteiger partial charge in [0.2, 0.25) is 10.0 Å². The molecule has 2 atom stereocenters. The number of hydrogen-bond donors (Lipinski definition) is 3. The van der Waals surface area contributed by atoms with Gasteiger partial charge in [-0.15, -0.1) is 0 Å². The van der Waals surface area contributed by atoms with Crippen LogP contribution in [0.25, 0.3) is 0 Å². The lowest BCUT2D eigenvalue weighted by Gasteiger charge is -2.13. The second-order valence-corrected chi connectivity index (χ2v) is 6.60. The van der Waals surface area contributed by atoms with Crippen molar-refractivity contribution < 1.29 is 17.9 Å². The second kappa shape index (κ2) is 6.10. The molecule has 116 valence electrons. The third-order valence-electron chi connectivity index (χ3n) is 3.43. The first kappa shape index (κ1) is 15.9. The van der Waals surface area contributed by atoms with E-state index in [2.05, 4.69) is 5.32 Å². The summed E-state index contributed by atoms with van der Waals surface area (Å²) in [7, 11) is -3.82. The Balaban J connectivity index is 2.12. The number of rotatable bonds is 4. The topological polar surface area (TPSA) is 125 Å². The maximum atomic E-state index is 12.1. The summed E-state index contributed by atoms with van der Waals surface area (Å²) in [5, 5.41) is 7.78. The van der Waals surface area contributed by atoms with Crippen molar-refractivity contribution in [3.8, 4) is 0 Å². The van der Waals surface area contributed by atoms with Gasteiger partial charge >= 0.3 is 0 Å². The fourth-order valence-electron chi connectivity index (χ4n) is 2.28. The summed E-state index contributed by atoms with van der Waals surface area (Å²) in [6.45, 7) is 2.02. The Morgan fingerprint density at radius 3 is 2.71 bits per heavy atom. The average molecular weight is 313 g/mol. The van der Waals surface area contributed by atoms with E-state index in [1.165, 1.54) is 6.07 Å². The highest BCUT2D eigenvalue weighted by Crippen LogP contribution is 2.22. The number of nitrogens with one attached hydrogen (secondary N) is 1. The summed E-state index contributed by atoms with van der Waals surface area (Å²) in [6, 6.07) is 4.56. The van der Waals surface area contributed by atoms with Crippen molar-refractivity contribution in [2.45, 2.75) is 36.9 Å². The van der Waals surface area contributed by atoms with Gasteiger partial charge < -0.3 is 15.8 Å². The predicted octanol–water partition coefficient (Wildman–Crippen LogP) is 0.0872. The number of nitrogens with two attached hydrogens (primary N) is 2. The molecular weight excluding hydrogens is 294 g/mol. The molecule has 1 aromatic carbocycles. The fraction of sp³-hybridized carbons (Fsp3) is 0.462. The average Bonchev–Trinajstić information content (AvgIpc) is 2.88. The van der Waals surface area contributed by atoms with Crippen molar-refractivity contribution in [3.63, 3.8) is 0 Å². The van der Waals surface area contributed by atoms with Crippen LogP contribution in [0.15, 0.2) is 23.1 Å². The predicted molar refractivity (Wildman–Crippen MR) is 78.1 cm³/mol. The molecule has 0 radical (unpaired) electrons. The minimum atomic E-state index is -3.82. The van der Waals surface area contributed by atoms with Crippen molar-refractivity contribution in [1.29, 1.82) is 0 Å². The molecule has 7 nitrogen and oxygen atoms in total. The first-order valence-corrected chi connectivity index (χ1v) is 8.15. The lowest BCUT2D eigenvalue weighted by molar-refractivity contribution is -0.126. The lowest BCUT2D eigenvalue weighted by atomic mass is 10.2. The molecule has 1 amide bonds. The van der Waals surface area contributed by atoms with E-state index < -0.39 is 16.1 Å². The largest absolute Gasteiger partial charge is 0.364 e. The third kappa shape index (κ3) is 3.79. The molecule has 5 N–H and O–H groups in total. The van der Waals surface area contributed by atoms with Gasteiger partial charge in [-0.2, -0.15) is 0 Å². The minimum absolute atomic E-state index is 0.00697. The van der Waals surface area contributed by atoms with Crippen LogP contribution in [-0.2, 0) is 19.6 Å². The maximum Gasteiger partial charge on any atom is 0.253 e. The quantitative estimate of drug-likeness (QED) is 0.726. The number of aryl methyl sites for hydroxylation is 1. The van der Waals surface area contributed by atoms with Crippen LogP contribution in [-0.4, -0.2) is 33.1 Å². The van der Waals surface area contributed by atoms with Crippen molar-refractivity contribution in [1.82, 2.24) is 0 Å². The Labute approximate surface area is 123 Å². The highest BCUT2D eigenvalue weighted by Gasteiger charge is 2.30. The smallest absolute Gasteiger partial charge is 0.253 e. The monoisotopic (exact) mass is 313 g/mol. The molecule has 0 saturated carbocycles. The second-order valence-electron chi connectivity index (χ2n) is 5.07. The van der Waals surface area contributed by atoms with Crippen LogP contribution in [0, 0.1) is 6.92 Å². The Hall–Kier alpha value is -1.48. The zero-order valence-corrected chi connectivity index (χ0v) is 12.5. The van der Waals surface area contributed by atoms with Gasteiger partial charge in [0.15, 0.2) is 0 Å². The van der Waals surface area contributed by atoms with Crippen molar-refractivity contribution in [3.05, 3.63) is 23.8 Å². The molecule has 1 heterocycles. The number of primary sulfonamides is 1. The summed E-state index contributed by atoms with van der Waals surface area (Å²) in [5.74, 6) is -0.310. The Kier molecular flexibility index (Phi) is 4.62. The van der Waals surface area contributed by atoms with Gasteiger partial charge in [0, 0.05) is 12.2 Å². The Morgan fingerprint density at radius 1 is 1.43 bits per heavy atom. The number of amides is 1. The van der Waals surface area contributed by atoms with E-state index in [1.807, 2.05) is 0 Å². The van der Waals surface area contributed by atoms with Gasteiger partial charge in [0.05, 0.1) is 11.0 Å². The number of benzene rings is 1. The Bertz CT molecular complexity index is 645. The van der Waals surface area contributed by atoms with Crippen LogP contribution in [0.3, 0.4) is 0 Å². The number of carbonyl (C=O) groups excluding carboxylic acids is 1. The zero-order chi connectivity index (χ0) is 15.6. The molecule has 0 bridgehead atoms. The number of ether oxygens (including phenoxy) is 1. The van der Waals surface area contributed by atoms with Gasteiger partial charge in [-0.05, 0) is 37.5 Å². The van der Waals surface area contributed by atoms with Gasteiger partial charge in [-0.1, -0.05) is 6.07 Å². The molecule has 2 rings (SSSR count). The number of anilines is 1. The fourth-order valence-corrected chi connectivity index (χ4v) is 3.09. The molecule has 8 heteroatoms. The highest BCUT2D eigenvalue weighted by atomic mass is 32.2. The van der Waals surface area contributed by atoms with Crippen LogP contribution in [0.5, 0.6) is 0 Å². The lowest BCUT2D eigenvalue weighted by Crippen LogP contribution is -2.29. The van der Waals surface area contributed by atoms with Crippen LogP contribution >= 0.6 is 0 Å². The zero-order valence-electron chi connectivity index (χ0n) is 11.7. The summed E-state index contributed by atoms with van der Waals surface area (Å²) in [4.78, 5) is 12.1. The Morgan fingerprint density at radius 2 is 2.14 bits per heavy atom. The van der Waals surface area contributed by atoms with Crippen LogP contribution in [0.2, 0.25) is 0 Å². The molecule has 0 aromatic heterocycles. The van der Waals surface area contributed by atoms with Gasteiger partial charge in [0.1, 0.15) is 6.10 Å².